The van der Waals surface area contributed by atoms with Crippen LogP contribution in [-0.2, 0) is 19.6 Å². The van der Waals surface area contributed by atoms with Crippen LogP contribution in [0.4, 0.5) is 5.69 Å². The molecule has 4 N–H and O–H groups in total. The highest BCUT2D eigenvalue weighted by Gasteiger charge is 2.26. The average Bonchev–Trinajstić information content (AvgIpc) is 2.87. The van der Waals surface area contributed by atoms with Crippen molar-refractivity contribution in [1.29, 1.82) is 10.8 Å². The van der Waals surface area contributed by atoms with Crippen LogP contribution in [0.2, 0.25) is 0 Å². The van der Waals surface area contributed by atoms with E-state index in [-0.39, 0.29) is 25.1 Å². The minimum Gasteiger partial charge on any atom is -0.490 e. The van der Waals surface area contributed by atoms with Gasteiger partial charge in [-0.25, -0.2) is 8.42 Å². The van der Waals surface area contributed by atoms with Crippen molar-refractivity contribution in [2.45, 2.75) is 39.7 Å². The number of ether oxygens (including phenoxy) is 2. The van der Waals surface area contributed by atoms with Crippen molar-refractivity contribution in [3.8, 4) is 5.75 Å². The quantitative estimate of drug-likeness (QED) is 0.218. The summed E-state index contributed by atoms with van der Waals surface area (Å²) in [6.45, 7) is 6.88. The fourth-order valence-corrected chi connectivity index (χ4v) is 5.64. The van der Waals surface area contributed by atoms with Gasteiger partial charge in [0.2, 0.25) is 10.0 Å². The van der Waals surface area contributed by atoms with Crippen LogP contribution in [-0.4, -0.2) is 69.1 Å². The van der Waals surface area contributed by atoms with Crippen molar-refractivity contribution in [3.63, 3.8) is 0 Å². The van der Waals surface area contributed by atoms with E-state index in [9.17, 15) is 13.2 Å². The standard InChI is InChI=1S/C28H37N5O5S/c1-4-37-27(34)19-39(35,36)33(13-5-6-22-16-20(2)17-23(18-22)28(30)31)24-7-9-25(10-8-24)38-26-11-14-32(15-12-26)21(3)29/h5-10,16-18,26,29H,4,11-15,19H2,1-3H3,(H3,30,31)/b6-5+,29-21?. The molecule has 0 spiro atoms. The number of anilines is 1. The first-order chi connectivity index (χ1) is 18.5. The topological polar surface area (TPSA) is 150 Å². The molecule has 39 heavy (non-hydrogen) atoms. The van der Waals surface area contributed by atoms with Crippen LogP contribution in [0.5, 0.6) is 5.75 Å². The van der Waals surface area contributed by atoms with Crippen molar-refractivity contribution < 1.29 is 22.7 Å². The highest BCUT2D eigenvalue weighted by atomic mass is 32.2. The molecule has 0 amide bonds. The third-order valence-electron chi connectivity index (χ3n) is 6.28. The van der Waals surface area contributed by atoms with Gasteiger partial charge >= 0.3 is 5.97 Å². The largest absolute Gasteiger partial charge is 0.490 e. The lowest BCUT2D eigenvalue weighted by molar-refractivity contribution is -0.139. The number of rotatable bonds is 11. The van der Waals surface area contributed by atoms with Crippen LogP contribution >= 0.6 is 0 Å². The molecule has 0 atom stereocenters. The summed E-state index contributed by atoms with van der Waals surface area (Å²) in [4.78, 5) is 14.1. The maximum absolute atomic E-state index is 13.2. The summed E-state index contributed by atoms with van der Waals surface area (Å²) in [6, 6.07) is 12.2. The summed E-state index contributed by atoms with van der Waals surface area (Å²) >= 11 is 0. The van der Waals surface area contributed by atoms with E-state index in [1.165, 1.54) is 0 Å². The highest BCUT2D eigenvalue weighted by Crippen LogP contribution is 2.25. The van der Waals surface area contributed by atoms with E-state index in [2.05, 4.69) is 0 Å². The Labute approximate surface area is 230 Å². The van der Waals surface area contributed by atoms with Gasteiger partial charge in [0.15, 0.2) is 5.75 Å². The molecular weight excluding hydrogens is 518 g/mol. The first-order valence-corrected chi connectivity index (χ1v) is 14.4. The van der Waals surface area contributed by atoms with E-state index in [1.807, 2.05) is 17.9 Å². The molecule has 11 heteroatoms. The molecule has 1 fully saturated rings. The van der Waals surface area contributed by atoms with Gasteiger partial charge in [-0.15, -0.1) is 0 Å². The number of carbonyl (C=O) groups is 1. The van der Waals surface area contributed by atoms with Gasteiger partial charge in [0.25, 0.3) is 0 Å². The van der Waals surface area contributed by atoms with Crippen LogP contribution < -0.4 is 14.8 Å². The Morgan fingerprint density at radius 2 is 1.82 bits per heavy atom. The molecule has 1 saturated heterocycles. The second-order valence-electron chi connectivity index (χ2n) is 9.42. The molecule has 10 nitrogen and oxygen atoms in total. The summed E-state index contributed by atoms with van der Waals surface area (Å²) in [6.07, 6.45) is 5.06. The van der Waals surface area contributed by atoms with Crippen molar-refractivity contribution in [2.24, 2.45) is 5.73 Å². The number of amidine groups is 2. The van der Waals surface area contributed by atoms with E-state index in [1.54, 1.807) is 62.4 Å². The predicted molar refractivity (Wildman–Crippen MR) is 154 cm³/mol. The van der Waals surface area contributed by atoms with Gasteiger partial charge in [-0.3, -0.25) is 19.9 Å². The van der Waals surface area contributed by atoms with Gasteiger partial charge in [-0.05, 0) is 68.3 Å². The highest BCUT2D eigenvalue weighted by molar-refractivity contribution is 7.93. The van der Waals surface area contributed by atoms with E-state index in [4.69, 9.17) is 26.0 Å². The molecule has 1 heterocycles. The summed E-state index contributed by atoms with van der Waals surface area (Å²) < 4.78 is 38.6. The smallest absolute Gasteiger partial charge is 0.323 e. The third-order valence-corrected chi connectivity index (χ3v) is 7.91. The lowest BCUT2D eigenvalue weighted by atomic mass is 10.1. The van der Waals surface area contributed by atoms with Gasteiger partial charge in [0.05, 0.1) is 24.7 Å². The third kappa shape index (κ3) is 8.57. The second-order valence-corrected chi connectivity index (χ2v) is 11.3. The number of benzene rings is 2. The van der Waals surface area contributed by atoms with Crippen LogP contribution in [0.15, 0.2) is 48.5 Å². The van der Waals surface area contributed by atoms with Crippen LogP contribution in [0.1, 0.15) is 43.4 Å². The normalized spacial score (nSPS) is 14.3. The van der Waals surface area contributed by atoms with Gasteiger partial charge in [0.1, 0.15) is 17.7 Å². The maximum atomic E-state index is 13.2. The number of nitrogen functional groups attached to an aromatic ring is 1. The fraction of sp³-hybridized carbons (Fsp3) is 0.393. The molecule has 2 aromatic carbocycles. The van der Waals surface area contributed by atoms with Gasteiger partial charge in [-0.1, -0.05) is 18.2 Å². The number of sulfonamides is 1. The molecular formula is C28H37N5O5S. The zero-order chi connectivity index (χ0) is 28.6. The number of hydrogen-bond donors (Lipinski definition) is 3. The zero-order valence-electron chi connectivity index (χ0n) is 22.6. The van der Waals surface area contributed by atoms with E-state index in [0.29, 0.717) is 22.8 Å². The van der Waals surface area contributed by atoms with E-state index in [0.717, 1.165) is 41.4 Å². The lowest BCUT2D eigenvalue weighted by Crippen LogP contribution is -2.40. The number of nitrogens with one attached hydrogen (secondary N) is 2. The first kappa shape index (κ1) is 29.7. The summed E-state index contributed by atoms with van der Waals surface area (Å²) in [5, 5.41) is 15.5. The number of nitrogens with two attached hydrogens (primary N) is 1. The molecule has 0 unspecified atom stereocenters. The van der Waals surface area contributed by atoms with Crippen LogP contribution in [0.3, 0.4) is 0 Å². The van der Waals surface area contributed by atoms with Gasteiger partial charge in [-0.2, -0.15) is 0 Å². The van der Waals surface area contributed by atoms with E-state index >= 15 is 0 Å². The molecule has 1 aliphatic rings. The lowest BCUT2D eigenvalue weighted by Gasteiger charge is -2.32. The van der Waals surface area contributed by atoms with Crippen molar-refractivity contribution in [3.05, 3.63) is 65.2 Å². The summed E-state index contributed by atoms with van der Waals surface area (Å²) in [7, 11) is -4.05. The molecule has 0 saturated carbocycles. The molecule has 0 aliphatic carbocycles. The van der Waals surface area contributed by atoms with Crippen LogP contribution in [0.25, 0.3) is 6.08 Å². The van der Waals surface area contributed by atoms with Crippen molar-refractivity contribution >= 4 is 39.4 Å². The van der Waals surface area contributed by atoms with E-state index < -0.39 is 21.7 Å². The number of aryl methyl sites for hydroxylation is 1. The summed E-state index contributed by atoms with van der Waals surface area (Å²) in [5.74, 6) is -0.472. The zero-order valence-corrected chi connectivity index (χ0v) is 23.5. The fourth-order valence-electron chi connectivity index (χ4n) is 4.35. The Kier molecular flexibility index (Phi) is 10.1. The minimum atomic E-state index is -4.05. The SMILES string of the molecule is CCOC(=O)CS(=O)(=O)N(C/C=C/c1cc(C)cc(C(=N)N)c1)c1ccc(OC2CCN(C(C)=N)CC2)cc1. The molecule has 3 rings (SSSR count). The van der Waals surface area contributed by atoms with Crippen molar-refractivity contribution in [2.75, 3.05) is 36.3 Å². The molecule has 0 aromatic heterocycles. The molecule has 0 bridgehead atoms. The molecule has 1 aliphatic heterocycles. The molecule has 2 aromatic rings. The van der Waals surface area contributed by atoms with Crippen LogP contribution in [0, 0.1) is 17.7 Å². The Balaban J connectivity index is 1.79. The molecule has 0 radical (unpaired) electrons. The van der Waals surface area contributed by atoms with Crippen molar-refractivity contribution in [1.82, 2.24) is 4.90 Å². The minimum absolute atomic E-state index is 0.0206. The number of piperidine rings is 1. The van der Waals surface area contributed by atoms with Gasteiger partial charge in [0, 0.05) is 31.5 Å². The Morgan fingerprint density at radius 3 is 2.41 bits per heavy atom. The number of hydrogen-bond acceptors (Lipinski definition) is 7. The Bertz CT molecular complexity index is 1320. The summed E-state index contributed by atoms with van der Waals surface area (Å²) in [5.41, 5.74) is 8.29. The second kappa shape index (κ2) is 13.3. The average molecular weight is 556 g/mol. The predicted octanol–water partition coefficient (Wildman–Crippen LogP) is 3.53. The number of esters is 1. The number of carbonyl (C=O) groups excluding carboxylic acids is 1. The number of likely N-dealkylation sites (tertiary alicyclic amines) is 1. The Hall–Kier alpha value is -3.86. The molecule has 210 valence electrons. The maximum Gasteiger partial charge on any atom is 0.323 e. The first-order valence-electron chi connectivity index (χ1n) is 12.8. The van der Waals surface area contributed by atoms with Gasteiger partial charge < -0.3 is 20.1 Å². The number of nitrogens with zero attached hydrogens (tertiary/aromatic N) is 2. The monoisotopic (exact) mass is 555 g/mol. The Morgan fingerprint density at radius 1 is 1.15 bits per heavy atom.